The number of hydrogen-bond acceptors (Lipinski definition) is 1. The van der Waals surface area contributed by atoms with E-state index in [9.17, 15) is 4.39 Å². The van der Waals surface area contributed by atoms with Crippen LogP contribution in [0.3, 0.4) is 0 Å². The van der Waals surface area contributed by atoms with E-state index < -0.39 is 0 Å². The Morgan fingerprint density at radius 3 is 2.80 bits per heavy atom. The highest BCUT2D eigenvalue weighted by Crippen LogP contribution is 2.16. The summed E-state index contributed by atoms with van der Waals surface area (Å²) in [6.45, 7) is 4.70. The van der Waals surface area contributed by atoms with Crippen molar-refractivity contribution in [1.29, 1.82) is 0 Å². The Kier molecular flexibility index (Phi) is 2.67. The minimum absolute atomic E-state index is 0.156. The molecule has 0 N–H and O–H groups in total. The predicted octanol–water partition coefficient (Wildman–Crippen LogP) is 3.27. The number of allylic oxidation sites excluding steroid dienone is 1. The Labute approximate surface area is 89.4 Å². The number of rotatable bonds is 2. The largest absolute Gasteiger partial charge is 0.280 e. The number of halogens is 1. The number of hydrogen-bond donors (Lipinski definition) is 0. The normalized spacial score (nSPS) is 15.1. The van der Waals surface area contributed by atoms with Crippen LogP contribution in [0.1, 0.15) is 24.5 Å². The van der Waals surface area contributed by atoms with Crippen LogP contribution in [0.2, 0.25) is 0 Å². The van der Waals surface area contributed by atoms with E-state index in [1.165, 1.54) is 11.6 Å². The first-order valence-electron chi connectivity index (χ1n) is 5.21. The van der Waals surface area contributed by atoms with E-state index in [2.05, 4.69) is 18.0 Å². The van der Waals surface area contributed by atoms with E-state index in [-0.39, 0.29) is 5.82 Å². The molecule has 2 heteroatoms. The van der Waals surface area contributed by atoms with Crippen molar-refractivity contribution >= 4 is 5.71 Å². The molecular formula is C13H14FN. The molecular weight excluding hydrogens is 189 g/mol. The zero-order valence-electron chi connectivity index (χ0n) is 9.05. The van der Waals surface area contributed by atoms with E-state index >= 15 is 0 Å². The van der Waals surface area contributed by atoms with Crippen LogP contribution in [0.25, 0.3) is 0 Å². The average molecular weight is 203 g/mol. The Hall–Kier alpha value is -1.44. The lowest BCUT2D eigenvalue weighted by Crippen LogP contribution is -1.95. The minimum Gasteiger partial charge on any atom is -0.280 e. The number of aryl methyl sites for hydroxylation is 1. The van der Waals surface area contributed by atoms with E-state index in [0.29, 0.717) is 5.56 Å². The smallest absolute Gasteiger partial charge is 0.126 e. The molecule has 78 valence electrons. The topological polar surface area (TPSA) is 12.4 Å². The lowest BCUT2D eigenvalue weighted by molar-refractivity contribution is 0.618. The van der Waals surface area contributed by atoms with Gasteiger partial charge in [0.2, 0.25) is 0 Å². The molecule has 0 atom stereocenters. The van der Waals surface area contributed by atoms with Crippen LogP contribution >= 0.6 is 0 Å². The maximum atomic E-state index is 13.1. The number of benzene rings is 1. The first-order valence-corrected chi connectivity index (χ1v) is 5.21. The maximum Gasteiger partial charge on any atom is 0.126 e. The van der Waals surface area contributed by atoms with E-state index in [0.717, 1.165) is 24.2 Å². The van der Waals surface area contributed by atoms with Gasteiger partial charge in [0, 0.05) is 5.56 Å². The summed E-state index contributed by atoms with van der Waals surface area (Å²) >= 11 is 0. The molecule has 0 saturated carbocycles. The maximum absolute atomic E-state index is 13.1. The molecule has 0 bridgehead atoms. The first kappa shape index (κ1) is 10.1. The van der Waals surface area contributed by atoms with Gasteiger partial charge in [-0.3, -0.25) is 4.99 Å². The quantitative estimate of drug-likeness (QED) is 0.699. The third-order valence-electron chi connectivity index (χ3n) is 2.70. The van der Waals surface area contributed by atoms with Gasteiger partial charge in [0.15, 0.2) is 0 Å². The summed E-state index contributed by atoms with van der Waals surface area (Å²) in [6, 6.07) is 5.14. The van der Waals surface area contributed by atoms with Crippen LogP contribution in [0.5, 0.6) is 0 Å². The van der Waals surface area contributed by atoms with Gasteiger partial charge in [0.1, 0.15) is 5.82 Å². The molecule has 1 aliphatic rings. The third-order valence-corrected chi connectivity index (χ3v) is 2.70. The van der Waals surface area contributed by atoms with Gasteiger partial charge in [-0.1, -0.05) is 6.92 Å². The minimum atomic E-state index is -0.156. The fraction of sp³-hybridized carbons (Fsp3) is 0.308. The molecule has 15 heavy (non-hydrogen) atoms. The molecule has 0 unspecified atom stereocenters. The summed E-state index contributed by atoms with van der Waals surface area (Å²) in [5, 5.41) is 0. The summed E-state index contributed by atoms with van der Waals surface area (Å²) in [6.07, 6.45) is 3.14. The zero-order valence-corrected chi connectivity index (χ0v) is 9.05. The second-order valence-electron chi connectivity index (χ2n) is 3.82. The van der Waals surface area contributed by atoms with Gasteiger partial charge in [0.05, 0.1) is 12.3 Å². The molecule has 1 heterocycles. The molecule has 0 spiro atoms. The molecule has 1 aliphatic heterocycles. The van der Waals surface area contributed by atoms with Crippen molar-refractivity contribution in [2.75, 3.05) is 6.54 Å². The molecule has 0 saturated heterocycles. The summed E-state index contributed by atoms with van der Waals surface area (Å²) in [5.74, 6) is -0.156. The van der Waals surface area contributed by atoms with E-state index in [4.69, 9.17) is 0 Å². The highest BCUT2D eigenvalue weighted by Gasteiger charge is 2.09. The molecule has 0 amide bonds. The Morgan fingerprint density at radius 1 is 1.40 bits per heavy atom. The Morgan fingerprint density at radius 2 is 2.20 bits per heavy atom. The van der Waals surface area contributed by atoms with Crippen molar-refractivity contribution in [3.63, 3.8) is 0 Å². The molecule has 1 aromatic carbocycles. The fourth-order valence-corrected chi connectivity index (χ4v) is 1.66. The van der Waals surface area contributed by atoms with E-state index in [1.54, 1.807) is 13.0 Å². The van der Waals surface area contributed by atoms with Crippen molar-refractivity contribution in [1.82, 2.24) is 0 Å². The fourth-order valence-electron chi connectivity index (χ4n) is 1.66. The molecule has 0 fully saturated rings. The molecule has 0 radical (unpaired) electrons. The van der Waals surface area contributed by atoms with Gasteiger partial charge in [0.25, 0.3) is 0 Å². The van der Waals surface area contributed by atoms with Crippen LogP contribution in [0.4, 0.5) is 4.39 Å². The molecule has 2 rings (SSSR count). The monoisotopic (exact) mass is 203 g/mol. The van der Waals surface area contributed by atoms with E-state index in [1.807, 2.05) is 6.07 Å². The van der Waals surface area contributed by atoms with Crippen molar-refractivity contribution in [3.8, 4) is 0 Å². The molecule has 0 aromatic heterocycles. The highest BCUT2D eigenvalue weighted by molar-refractivity contribution is 6.10. The van der Waals surface area contributed by atoms with Crippen LogP contribution in [-0.4, -0.2) is 12.3 Å². The zero-order chi connectivity index (χ0) is 10.8. The number of aliphatic imine (C=N–C) groups is 1. The van der Waals surface area contributed by atoms with Gasteiger partial charge in [-0.15, -0.1) is 0 Å². The lowest BCUT2D eigenvalue weighted by Gasteiger charge is -2.01. The van der Waals surface area contributed by atoms with Gasteiger partial charge in [-0.2, -0.15) is 0 Å². The van der Waals surface area contributed by atoms with Crippen molar-refractivity contribution in [2.45, 2.75) is 20.3 Å². The van der Waals surface area contributed by atoms with Gasteiger partial charge >= 0.3 is 0 Å². The van der Waals surface area contributed by atoms with Gasteiger partial charge < -0.3 is 0 Å². The summed E-state index contributed by atoms with van der Waals surface area (Å²) in [4.78, 5) is 4.43. The predicted molar refractivity (Wildman–Crippen MR) is 60.9 cm³/mol. The highest BCUT2D eigenvalue weighted by atomic mass is 19.1. The summed E-state index contributed by atoms with van der Waals surface area (Å²) in [5.41, 5.74) is 4.01. The summed E-state index contributed by atoms with van der Waals surface area (Å²) in [7, 11) is 0. The first-order chi connectivity index (χ1) is 7.20. The standard InChI is InChI=1S/C13H14FN/c1-3-10-7-13(15-8-10)11-4-5-12(14)9(2)6-11/h4-7H,3,8H2,1-2H3. The van der Waals surface area contributed by atoms with Gasteiger partial charge in [-0.05, 0) is 48.8 Å². The van der Waals surface area contributed by atoms with Crippen LogP contribution in [0, 0.1) is 12.7 Å². The van der Waals surface area contributed by atoms with Crippen LogP contribution in [-0.2, 0) is 0 Å². The molecule has 1 aromatic rings. The van der Waals surface area contributed by atoms with Crippen molar-refractivity contribution in [3.05, 3.63) is 46.8 Å². The molecule has 1 nitrogen and oxygen atoms in total. The second kappa shape index (κ2) is 3.97. The third kappa shape index (κ3) is 1.99. The van der Waals surface area contributed by atoms with Crippen molar-refractivity contribution in [2.24, 2.45) is 4.99 Å². The lowest BCUT2D eigenvalue weighted by atomic mass is 10.1. The SMILES string of the molecule is CCC1=CC(c2ccc(F)c(C)c2)=NC1. The number of nitrogens with zero attached hydrogens (tertiary/aromatic N) is 1. The van der Waals surface area contributed by atoms with Crippen molar-refractivity contribution < 1.29 is 4.39 Å². The molecule has 0 aliphatic carbocycles. The summed E-state index contributed by atoms with van der Waals surface area (Å²) < 4.78 is 13.1. The second-order valence-corrected chi connectivity index (χ2v) is 3.82. The van der Waals surface area contributed by atoms with Crippen LogP contribution < -0.4 is 0 Å². The Bertz CT molecular complexity index is 444. The average Bonchev–Trinajstić information content (AvgIpc) is 2.70. The van der Waals surface area contributed by atoms with Gasteiger partial charge in [-0.25, -0.2) is 4.39 Å². The Balaban J connectivity index is 2.32. The van der Waals surface area contributed by atoms with Crippen LogP contribution in [0.15, 0.2) is 34.8 Å².